The van der Waals surface area contributed by atoms with Gasteiger partial charge in [0, 0.05) is 24.9 Å². The Morgan fingerprint density at radius 1 is 1.38 bits per heavy atom. The summed E-state index contributed by atoms with van der Waals surface area (Å²) < 4.78 is 1.94. The molecule has 0 bridgehead atoms. The number of hydrogen-bond acceptors (Lipinski definition) is 4. The van der Waals surface area contributed by atoms with Crippen LogP contribution < -0.4 is 5.73 Å². The van der Waals surface area contributed by atoms with E-state index in [2.05, 4.69) is 29.0 Å². The molecule has 0 fully saturated rings. The van der Waals surface area contributed by atoms with Crippen LogP contribution in [-0.2, 0) is 6.42 Å². The summed E-state index contributed by atoms with van der Waals surface area (Å²) in [5.74, 6) is 1.31. The number of nitrogens with two attached hydrogens (primary N) is 1. The zero-order chi connectivity index (χ0) is 11.7. The van der Waals surface area contributed by atoms with E-state index in [0.29, 0.717) is 5.92 Å². The lowest BCUT2D eigenvalue weighted by Gasteiger charge is -2.14. The molecule has 5 nitrogen and oxygen atoms in total. The Morgan fingerprint density at radius 2 is 2.12 bits per heavy atom. The first-order valence-electron chi connectivity index (χ1n) is 5.50. The van der Waals surface area contributed by atoms with Gasteiger partial charge in [-0.3, -0.25) is 9.38 Å². The topological polar surface area (TPSA) is 69.1 Å². The maximum absolute atomic E-state index is 6.05. The van der Waals surface area contributed by atoms with Crippen molar-refractivity contribution in [1.82, 2.24) is 19.6 Å². The number of aryl methyl sites for hydroxylation is 1. The minimum Gasteiger partial charge on any atom is -0.327 e. The first kappa shape index (κ1) is 11.0. The fourth-order valence-electron chi connectivity index (χ4n) is 1.60. The van der Waals surface area contributed by atoms with E-state index >= 15 is 0 Å². The minimum absolute atomic E-state index is 0.107. The Balaban J connectivity index is 2.37. The first-order chi connectivity index (χ1) is 7.59. The van der Waals surface area contributed by atoms with Crippen molar-refractivity contribution in [2.24, 2.45) is 11.7 Å². The Hall–Kier alpha value is -1.49. The second-order valence-corrected chi connectivity index (χ2v) is 4.43. The van der Waals surface area contributed by atoms with E-state index in [1.165, 1.54) is 0 Å². The summed E-state index contributed by atoms with van der Waals surface area (Å²) in [6, 6.07) is 0.107. The molecule has 2 heterocycles. The summed E-state index contributed by atoms with van der Waals surface area (Å²) >= 11 is 0. The predicted molar refractivity (Wildman–Crippen MR) is 62.0 cm³/mol. The zero-order valence-corrected chi connectivity index (χ0v) is 9.88. The van der Waals surface area contributed by atoms with E-state index < -0.39 is 0 Å². The molecule has 86 valence electrons. The molecule has 0 aliphatic carbocycles. The lowest BCUT2D eigenvalue weighted by Crippen LogP contribution is -2.29. The van der Waals surface area contributed by atoms with Crippen molar-refractivity contribution < 1.29 is 0 Å². The van der Waals surface area contributed by atoms with Crippen molar-refractivity contribution in [3.63, 3.8) is 0 Å². The van der Waals surface area contributed by atoms with Gasteiger partial charge in [0.1, 0.15) is 5.82 Å². The van der Waals surface area contributed by atoms with E-state index in [1.54, 1.807) is 6.20 Å². The maximum Gasteiger partial charge on any atom is 0.182 e. The molecule has 1 atom stereocenters. The van der Waals surface area contributed by atoms with Gasteiger partial charge in [-0.05, 0) is 12.8 Å². The number of aromatic nitrogens is 4. The Morgan fingerprint density at radius 3 is 2.81 bits per heavy atom. The van der Waals surface area contributed by atoms with Crippen molar-refractivity contribution in [1.29, 1.82) is 0 Å². The molecule has 2 rings (SSSR count). The molecule has 2 aromatic rings. The van der Waals surface area contributed by atoms with Gasteiger partial charge in [0.05, 0.1) is 5.69 Å². The summed E-state index contributed by atoms with van der Waals surface area (Å²) in [5, 5.41) is 8.17. The highest BCUT2D eigenvalue weighted by atomic mass is 15.2. The quantitative estimate of drug-likeness (QED) is 0.834. The lowest BCUT2D eigenvalue weighted by molar-refractivity contribution is 0.487. The van der Waals surface area contributed by atoms with Crippen LogP contribution >= 0.6 is 0 Å². The van der Waals surface area contributed by atoms with Gasteiger partial charge in [-0.2, -0.15) is 0 Å². The molecule has 0 amide bonds. The standard InChI is InChI=1S/C11H17N5/c1-7(2)9(12)6-10-11-15-14-8(3)16(11)5-4-13-10/h4-5,7,9H,6,12H2,1-3H3. The van der Waals surface area contributed by atoms with Crippen LogP contribution in [0.15, 0.2) is 12.4 Å². The number of nitrogens with zero attached hydrogens (tertiary/aromatic N) is 4. The van der Waals surface area contributed by atoms with Crippen LogP contribution in [0.4, 0.5) is 0 Å². The van der Waals surface area contributed by atoms with Crippen LogP contribution in [0, 0.1) is 12.8 Å². The van der Waals surface area contributed by atoms with Crippen LogP contribution in [0.2, 0.25) is 0 Å². The fourth-order valence-corrected chi connectivity index (χ4v) is 1.60. The van der Waals surface area contributed by atoms with Gasteiger partial charge in [0.2, 0.25) is 0 Å². The molecular formula is C11H17N5. The summed E-state index contributed by atoms with van der Waals surface area (Å²) in [6.07, 6.45) is 4.38. The SMILES string of the molecule is Cc1nnc2c(CC(N)C(C)C)nccn12. The van der Waals surface area contributed by atoms with Gasteiger partial charge in [-0.15, -0.1) is 10.2 Å². The van der Waals surface area contributed by atoms with Crippen LogP contribution in [0.25, 0.3) is 5.65 Å². The second-order valence-electron chi connectivity index (χ2n) is 4.43. The van der Waals surface area contributed by atoms with E-state index in [9.17, 15) is 0 Å². The first-order valence-corrected chi connectivity index (χ1v) is 5.50. The van der Waals surface area contributed by atoms with Gasteiger partial charge in [-0.25, -0.2) is 0 Å². The van der Waals surface area contributed by atoms with Crippen molar-refractivity contribution in [3.8, 4) is 0 Å². The maximum atomic E-state index is 6.05. The van der Waals surface area contributed by atoms with Gasteiger partial charge in [0.15, 0.2) is 5.65 Å². The number of fused-ring (bicyclic) bond motifs is 1. The average Bonchev–Trinajstić information content (AvgIpc) is 2.62. The Kier molecular flexibility index (Phi) is 2.87. The van der Waals surface area contributed by atoms with Gasteiger partial charge in [0.25, 0.3) is 0 Å². The molecule has 0 saturated carbocycles. The summed E-state index contributed by atoms with van der Waals surface area (Å²) in [4.78, 5) is 4.34. The molecule has 0 aromatic carbocycles. The second kappa shape index (κ2) is 4.17. The van der Waals surface area contributed by atoms with Gasteiger partial charge in [-0.1, -0.05) is 13.8 Å². The molecule has 0 radical (unpaired) electrons. The highest BCUT2D eigenvalue weighted by Gasteiger charge is 2.13. The number of hydrogen-bond donors (Lipinski definition) is 1. The molecular weight excluding hydrogens is 202 g/mol. The van der Waals surface area contributed by atoms with Crippen molar-refractivity contribution in [3.05, 3.63) is 23.9 Å². The van der Waals surface area contributed by atoms with Gasteiger partial charge < -0.3 is 5.73 Å². The summed E-state index contributed by atoms with van der Waals surface area (Å²) in [5.41, 5.74) is 7.79. The summed E-state index contributed by atoms with van der Waals surface area (Å²) in [7, 11) is 0. The molecule has 2 aromatic heterocycles. The highest BCUT2D eigenvalue weighted by molar-refractivity contribution is 5.43. The molecule has 0 spiro atoms. The van der Waals surface area contributed by atoms with Crippen molar-refractivity contribution in [2.45, 2.75) is 33.2 Å². The van der Waals surface area contributed by atoms with Gasteiger partial charge >= 0.3 is 0 Å². The monoisotopic (exact) mass is 219 g/mol. The van der Waals surface area contributed by atoms with Crippen LogP contribution in [0.5, 0.6) is 0 Å². The normalized spacial score (nSPS) is 13.6. The third kappa shape index (κ3) is 1.90. The van der Waals surface area contributed by atoms with Crippen molar-refractivity contribution >= 4 is 5.65 Å². The molecule has 2 N–H and O–H groups in total. The molecule has 0 saturated heterocycles. The summed E-state index contributed by atoms with van der Waals surface area (Å²) in [6.45, 7) is 6.14. The van der Waals surface area contributed by atoms with E-state index in [1.807, 2.05) is 17.5 Å². The van der Waals surface area contributed by atoms with Crippen molar-refractivity contribution in [2.75, 3.05) is 0 Å². The molecule has 16 heavy (non-hydrogen) atoms. The molecule has 5 heteroatoms. The highest BCUT2D eigenvalue weighted by Crippen LogP contribution is 2.11. The van der Waals surface area contributed by atoms with Crippen LogP contribution in [0.3, 0.4) is 0 Å². The zero-order valence-electron chi connectivity index (χ0n) is 9.88. The van der Waals surface area contributed by atoms with E-state index in [4.69, 9.17) is 5.73 Å². The molecule has 0 aliphatic rings. The third-order valence-electron chi connectivity index (χ3n) is 2.86. The molecule has 1 unspecified atom stereocenters. The fraction of sp³-hybridized carbons (Fsp3) is 0.545. The lowest BCUT2D eigenvalue weighted by atomic mass is 10.0. The average molecular weight is 219 g/mol. The third-order valence-corrected chi connectivity index (χ3v) is 2.86. The smallest absolute Gasteiger partial charge is 0.182 e. The largest absolute Gasteiger partial charge is 0.327 e. The Labute approximate surface area is 94.7 Å². The van der Waals surface area contributed by atoms with Crippen LogP contribution in [0.1, 0.15) is 25.4 Å². The predicted octanol–water partition coefficient (Wildman–Crippen LogP) is 0.959. The Bertz CT molecular complexity index is 488. The van der Waals surface area contributed by atoms with E-state index in [0.717, 1.165) is 23.6 Å². The molecule has 0 aliphatic heterocycles. The van der Waals surface area contributed by atoms with Crippen LogP contribution in [-0.4, -0.2) is 25.6 Å². The minimum atomic E-state index is 0.107. The number of rotatable bonds is 3. The van der Waals surface area contributed by atoms with E-state index in [-0.39, 0.29) is 6.04 Å².